The van der Waals surface area contributed by atoms with Gasteiger partial charge in [-0.15, -0.1) is 0 Å². The van der Waals surface area contributed by atoms with Crippen molar-refractivity contribution in [3.8, 4) is 0 Å². The minimum Gasteiger partial charge on any atom is -0.311 e. The molecule has 0 fully saturated rings. The van der Waals surface area contributed by atoms with Crippen LogP contribution in [0.4, 0.5) is 51.2 Å². The minimum absolute atomic E-state index is 0.0100. The molecule has 0 spiro atoms. The predicted octanol–water partition coefficient (Wildman–Crippen LogP) is 15.7. The lowest BCUT2D eigenvalue weighted by atomic mass is 9.31. The van der Waals surface area contributed by atoms with E-state index in [9.17, 15) is 0 Å². The third-order valence-corrected chi connectivity index (χ3v) is 18.0. The second kappa shape index (κ2) is 19.9. The van der Waals surface area contributed by atoms with Gasteiger partial charge in [0.05, 0.1) is 0 Å². The summed E-state index contributed by atoms with van der Waals surface area (Å²) in [5.74, 6) is 1.08. The first-order chi connectivity index (χ1) is 37.2. The summed E-state index contributed by atoms with van der Waals surface area (Å²) in [6, 6.07) is 86.1. The van der Waals surface area contributed by atoms with Crippen molar-refractivity contribution < 1.29 is 0 Å². The Balaban J connectivity index is 1.06. The van der Waals surface area contributed by atoms with Crippen LogP contribution in [0.2, 0.25) is 0 Å². The van der Waals surface area contributed by atoms with E-state index in [4.69, 9.17) is 0 Å². The van der Waals surface area contributed by atoms with Crippen molar-refractivity contribution in [2.45, 2.75) is 78.9 Å². The van der Waals surface area contributed by atoms with Crippen LogP contribution in [0.25, 0.3) is 0 Å². The number of hydrogen-bond donors (Lipinski definition) is 0. The van der Waals surface area contributed by atoms with Crippen molar-refractivity contribution in [3.05, 3.63) is 247 Å². The Morgan fingerprint density at radius 2 is 0.776 bits per heavy atom. The second-order valence-corrected chi connectivity index (χ2v) is 23.6. The van der Waals surface area contributed by atoms with E-state index in [1.165, 1.54) is 80.4 Å². The molecule has 0 aliphatic carbocycles. The molecule has 0 saturated heterocycles. The molecule has 3 nitrogen and oxygen atoms in total. The third-order valence-electron chi connectivity index (χ3n) is 15.7. The van der Waals surface area contributed by atoms with Gasteiger partial charge in [-0.3, -0.25) is 0 Å². The highest BCUT2D eigenvalue weighted by Gasteiger charge is 2.44. The van der Waals surface area contributed by atoms with Gasteiger partial charge in [-0.25, -0.2) is 0 Å². The number of fused-ring (bicyclic) bond motifs is 6. The van der Waals surface area contributed by atoms with Crippen LogP contribution in [0.3, 0.4) is 0 Å². The summed E-state index contributed by atoms with van der Waals surface area (Å²) in [6.45, 7) is 14.3. The lowest BCUT2D eigenvalue weighted by Gasteiger charge is -2.42. The first-order valence-corrected chi connectivity index (χ1v) is 28.6. The minimum atomic E-state index is 0.0100. The highest BCUT2D eigenvalue weighted by Crippen LogP contribution is 2.48. The van der Waals surface area contributed by atoms with E-state index >= 15 is 0 Å². The maximum atomic E-state index is 2.66. The molecule has 0 saturated carbocycles. The maximum absolute atomic E-state index is 2.66. The van der Waals surface area contributed by atoms with E-state index in [1.807, 2.05) is 23.5 Å². The molecule has 0 N–H and O–H groups in total. The molecule has 0 aromatic heterocycles. The van der Waals surface area contributed by atoms with Gasteiger partial charge in [0, 0.05) is 70.8 Å². The normalized spacial score (nSPS) is 13.0. The zero-order valence-electron chi connectivity index (χ0n) is 44.0. The molecule has 7 heteroatoms. The Bertz CT molecular complexity index is 3670. The molecule has 0 bridgehead atoms. The van der Waals surface area contributed by atoms with Gasteiger partial charge in [0.25, 0.3) is 0 Å². The van der Waals surface area contributed by atoms with Crippen molar-refractivity contribution in [3.63, 3.8) is 0 Å². The van der Waals surface area contributed by atoms with Gasteiger partial charge in [0.15, 0.2) is 0 Å². The summed E-state index contributed by atoms with van der Waals surface area (Å²) in [7, 11) is 0. The Morgan fingerprint density at radius 3 is 1.30 bits per heavy atom. The fourth-order valence-corrected chi connectivity index (χ4v) is 14.6. The maximum Gasteiger partial charge on any atom is 0.249 e. The Labute approximate surface area is 458 Å². The van der Waals surface area contributed by atoms with Crippen LogP contribution in [-0.2, 0) is 0 Å². The average molecular weight is 1020 g/mol. The fourth-order valence-electron chi connectivity index (χ4n) is 12.2. The number of hydrogen-bond acceptors (Lipinski definition) is 5. The van der Waals surface area contributed by atoms with Gasteiger partial charge in [-0.05, 0) is 142 Å². The first kappa shape index (κ1) is 48.1. The molecular formula is C69H59B2N3S2. The number of nitrogens with zero attached hydrogens (tertiary/aromatic N) is 3. The van der Waals surface area contributed by atoms with Crippen molar-refractivity contribution in [1.82, 2.24) is 0 Å². The lowest BCUT2D eigenvalue weighted by Crippen LogP contribution is -2.63. The summed E-state index contributed by atoms with van der Waals surface area (Å²) in [5, 5.41) is 0. The molecule has 0 atom stereocenters. The average Bonchev–Trinajstić information content (AvgIpc) is 3.64. The molecular weight excluding hydrogens is 957 g/mol. The molecule has 76 heavy (non-hydrogen) atoms. The molecule has 0 unspecified atom stereocenters. The van der Waals surface area contributed by atoms with Gasteiger partial charge in [-0.1, -0.05) is 220 Å². The number of rotatable bonds is 11. The Morgan fingerprint density at radius 1 is 0.329 bits per heavy atom. The van der Waals surface area contributed by atoms with Gasteiger partial charge < -0.3 is 14.7 Å². The lowest BCUT2D eigenvalue weighted by molar-refractivity contribution is 0.812. The smallest absolute Gasteiger partial charge is 0.249 e. The first-order valence-electron chi connectivity index (χ1n) is 27.0. The number of benzene rings is 10. The SMILES string of the molecule is CC(C)c1cc(C(C)C)c(B2c3ccc(N(c4ccccc4)c4ccccc4)cc3Sc3cc4c(cc32)B2c3ccccc3N(c3ccccc3)c3cc(N(c5ccccc5)c5ccccc5)cc(c32)S4)c(C(C)C)c1. The van der Waals surface area contributed by atoms with Gasteiger partial charge in [0.1, 0.15) is 0 Å². The molecule has 13 rings (SSSR count). The van der Waals surface area contributed by atoms with E-state index in [1.54, 1.807) is 0 Å². The highest BCUT2D eigenvalue weighted by atomic mass is 32.2. The number of anilines is 9. The zero-order chi connectivity index (χ0) is 51.6. The van der Waals surface area contributed by atoms with Gasteiger partial charge in [0.2, 0.25) is 13.4 Å². The number of para-hydroxylation sites is 6. The van der Waals surface area contributed by atoms with Crippen LogP contribution < -0.4 is 47.5 Å². The monoisotopic (exact) mass is 1020 g/mol. The summed E-state index contributed by atoms with van der Waals surface area (Å²) in [6.07, 6.45) is 0. The molecule has 3 aliphatic rings. The van der Waals surface area contributed by atoms with E-state index in [2.05, 4.69) is 287 Å². The van der Waals surface area contributed by atoms with Crippen LogP contribution >= 0.6 is 23.5 Å². The Hall–Kier alpha value is -7.57. The summed E-state index contributed by atoms with van der Waals surface area (Å²) < 4.78 is 0. The van der Waals surface area contributed by atoms with Crippen molar-refractivity contribution in [1.29, 1.82) is 0 Å². The standard InChI is InChI=1S/C69H59B2N3S2/c1-45(2)48-38-56(46(3)4)68(57(39-48)47(5)6)71-59-37-36-54(72(49-24-12-7-13-25-49)50-26-14-8-15-27-50)41-64(59)75-65-44-66-60(43-61(65)71)70-58-34-22-23-35-62(58)74(53-32-20-11-21-33-53)63-40-55(42-67(76-66)69(63)70)73(51-28-16-9-17-29-51)52-30-18-10-19-31-52/h7-47H,1-6H3. The van der Waals surface area contributed by atoms with Crippen LogP contribution in [0.15, 0.2) is 250 Å². The molecule has 3 aliphatic heterocycles. The fraction of sp³-hybridized carbons (Fsp3) is 0.130. The van der Waals surface area contributed by atoms with Crippen LogP contribution in [0.5, 0.6) is 0 Å². The van der Waals surface area contributed by atoms with Crippen LogP contribution in [-0.4, -0.2) is 13.4 Å². The molecule has 3 heterocycles. The van der Waals surface area contributed by atoms with Crippen molar-refractivity contribution in [2.24, 2.45) is 0 Å². The quantitative estimate of drug-likeness (QED) is 0.119. The largest absolute Gasteiger partial charge is 0.311 e. The summed E-state index contributed by atoms with van der Waals surface area (Å²) in [5.41, 5.74) is 23.0. The Kier molecular flexibility index (Phi) is 12.6. The topological polar surface area (TPSA) is 9.72 Å². The van der Waals surface area contributed by atoms with E-state index < -0.39 is 0 Å². The van der Waals surface area contributed by atoms with E-state index in [-0.39, 0.29) is 13.4 Å². The van der Waals surface area contributed by atoms with E-state index in [0.717, 1.165) is 39.8 Å². The highest BCUT2D eigenvalue weighted by molar-refractivity contribution is 8.01. The predicted molar refractivity (Wildman–Crippen MR) is 330 cm³/mol. The van der Waals surface area contributed by atoms with Gasteiger partial charge in [-0.2, -0.15) is 0 Å². The van der Waals surface area contributed by atoms with Crippen molar-refractivity contribution in [2.75, 3.05) is 14.7 Å². The molecule has 368 valence electrons. The van der Waals surface area contributed by atoms with Crippen LogP contribution in [0, 0.1) is 0 Å². The molecule has 0 radical (unpaired) electrons. The van der Waals surface area contributed by atoms with Crippen molar-refractivity contribution >= 4 is 121 Å². The van der Waals surface area contributed by atoms with Crippen LogP contribution in [0.1, 0.15) is 76.0 Å². The zero-order valence-corrected chi connectivity index (χ0v) is 45.6. The third kappa shape index (κ3) is 8.36. The molecule has 10 aromatic rings. The molecule has 0 amide bonds. The van der Waals surface area contributed by atoms with Gasteiger partial charge >= 0.3 is 0 Å². The summed E-state index contributed by atoms with van der Waals surface area (Å²) >= 11 is 3.89. The second-order valence-electron chi connectivity index (χ2n) is 21.4. The van der Waals surface area contributed by atoms with E-state index in [0.29, 0.717) is 17.8 Å². The summed E-state index contributed by atoms with van der Waals surface area (Å²) in [4.78, 5) is 12.6. The molecule has 10 aromatic carbocycles.